The summed E-state index contributed by atoms with van der Waals surface area (Å²) in [7, 11) is 0. The van der Waals surface area contributed by atoms with Crippen molar-refractivity contribution >= 4 is 0 Å². The van der Waals surface area contributed by atoms with E-state index in [1.807, 2.05) is 24.3 Å². The van der Waals surface area contributed by atoms with E-state index in [2.05, 4.69) is 24.1 Å². The first kappa shape index (κ1) is 15.7. The largest absolute Gasteiger partial charge is 0.468 e. The quantitative estimate of drug-likeness (QED) is 0.805. The Bertz CT molecular complexity index is 506. The molecule has 0 amide bonds. The van der Waals surface area contributed by atoms with Crippen molar-refractivity contribution in [2.45, 2.75) is 26.4 Å². The smallest absolute Gasteiger partial charge is 0.123 e. The lowest BCUT2D eigenvalue weighted by Gasteiger charge is -2.28. The van der Waals surface area contributed by atoms with Crippen LogP contribution in [0.1, 0.15) is 31.2 Å². The fraction of sp³-hybridized carbons (Fsp3) is 0.412. The van der Waals surface area contributed by atoms with E-state index in [1.54, 1.807) is 6.26 Å². The number of nitrogens with one attached hydrogen (secondary N) is 1. The molecule has 0 fully saturated rings. The van der Waals surface area contributed by atoms with Crippen molar-refractivity contribution in [1.29, 1.82) is 0 Å². The van der Waals surface area contributed by atoms with Gasteiger partial charge in [-0.1, -0.05) is 26.0 Å². The third-order valence-electron chi connectivity index (χ3n) is 3.70. The molecule has 114 valence electrons. The Labute approximate surface area is 125 Å². The highest BCUT2D eigenvalue weighted by atomic mass is 19.1. The highest BCUT2D eigenvalue weighted by Gasteiger charge is 2.19. The van der Waals surface area contributed by atoms with Crippen molar-refractivity contribution in [3.05, 3.63) is 59.8 Å². The fourth-order valence-electron chi connectivity index (χ4n) is 2.51. The zero-order valence-corrected chi connectivity index (χ0v) is 12.7. The number of hydrogen-bond acceptors (Lipinski definition) is 3. The molecular formula is C17H23FN2O. The van der Waals surface area contributed by atoms with Gasteiger partial charge in [0.25, 0.3) is 0 Å². The van der Waals surface area contributed by atoms with Crippen molar-refractivity contribution in [3.63, 3.8) is 0 Å². The lowest BCUT2D eigenvalue weighted by molar-refractivity contribution is 0.188. The average molecular weight is 290 g/mol. The first-order valence-electron chi connectivity index (χ1n) is 7.47. The molecule has 2 rings (SSSR count). The van der Waals surface area contributed by atoms with Crippen LogP contribution in [0.2, 0.25) is 0 Å². The van der Waals surface area contributed by atoms with E-state index in [0.717, 1.165) is 37.5 Å². The zero-order chi connectivity index (χ0) is 15.1. The molecule has 0 spiro atoms. The molecule has 1 aromatic carbocycles. The second-order valence-electron chi connectivity index (χ2n) is 5.01. The van der Waals surface area contributed by atoms with Gasteiger partial charge in [0.15, 0.2) is 0 Å². The van der Waals surface area contributed by atoms with Gasteiger partial charge in [-0.2, -0.15) is 0 Å². The van der Waals surface area contributed by atoms with Crippen LogP contribution in [0.3, 0.4) is 0 Å². The molecule has 1 heterocycles. The molecule has 1 aromatic heterocycles. The Morgan fingerprint density at radius 3 is 2.43 bits per heavy atom. The molecule has 0 saturated carbocycles. The van der Waals surface area contributed by atoms with Gasteiger partial charge in [-0.25, -0.2) is 4.39 Å². The van der Waals surface area contributed by atoms with Crippen LogP contribution in [0.5, 0.6) is 0 Å². The van der Waals surface area contributed by atoms with Crippen LogP contribution >= 0.6 is 0 Å². The molecule has 1 N–H and O–H groups in total. The Kier molecular flexibility index (Phi) is 5.96. The first-order valence-corrected chi connectivity index (χ1v) is 7.47. The molecule has 0 aliphatic carbocycles. The van der Waals surface area contributed by atoms with Crippen LogP contribution < -0.4 is 5.32 Å². The summed E-state index contributed by atoms with van der Waals surface area (Å²) < 4.78 is 18.4. The van der Waals surface area contributed by atoms with Gasteiger partial charge in [0.1, 0.15) is 11.6 Å². The van der Waals surface area contributed by atoms with Crippen LogP contribution in [0.25, 0.3) is 0 Å². The van der Waals surface area contributed by atoms with Gasteiger partial charge in [0.05, 0.1) is 12.3 Å². The van der Waals surface area contributed by atoms with Gasteiger partial charge in [-0.05, 0) is 42.9 Å². The summed E-state index contributed by atoms with van der Waals surface area (Å²) in [6.45, 7) is 7.77. The maximum absolute atomic E-state index is 12.9. The minimum atomic E-state index is -0.199. The summed E-state index contributed by atoms with van der Waals surface area (Å²) in [4.78, 5) is 2.36. The first-order chi connectivity index (χ1) is 10.2. The molecule has 0 saturated heterocycles. The summed E-state index contributed by atoms with van der Waals surface area (Å²) in [6.07, 6.45) is 1.71. The predicted molar refractivity (Wildman–Crippen MR) is 82.5 cm³/mol. The molecule has 1 atom stereocenters. The summed E-state index contributed by atoms with van der Waals surface area (Å²) in [5.74, 6) is 0.778. The van der Waals surface area contributed by atoms with Gasteiger partial charge in [0, 0.05) is 13.1 Å². The van der Waals surface area contributed by atoms with Gasteiger partial charge in [0.2, 0.25) is 0 Å². The van der Waals surface area contributed by atoms with E-state index >= 15 is 0 Å². The Hall–Kier alpha value is -1.65. The fourth-order valence-corrected chi connectivity index (χ4v) is 2.51. The lowest BCUT2D eigenvalue weighted by Crippen LogP contribution is -2.35. The van der Waals surface area contributed by atoms with Gasteiger partial charge in [-0.15, -0.1) is 0 Å². The zero-order valence-electron chi connectivity index (χ0n) is 12.7. The van der Waals surface area contributed by atoms with Gasteiger partial charge < -0.3 is 9.73 Å². The van der Waals surface area contributed by atoms with Crippen molar-refractivity contribution in [2.24, 2.45) is 0 Å². The summed E-state index contributed by atoms with van der Waals surface area (Å²) in [6, 6.07) is 10.8. The van der Waals surface area contributed by atoms with Crippen LogP contribution in [0.4, 0.5) is 4.39 Å². The topological polar surface area (TPSA) is 28.4 Å². The van der Waals surface area contributed by atoms with Gasteiger partial charge >= 0.3 is 0 Å². The van der Waals surface area contributed by atoms with E-state index in [9.17, 15) is 4.39 Å². The summed E-state index contributed by atoms with van der Waals surface area (Å²) in [5.41, 5.74) is 1.08. The Balaban J connectivity index is 1.94. The van der Waals surface area contributed by atoms with E-state index < -0.39 is 0 Å². The van der Waals surface area contributed by atoms with Crippen LogP contribution in [0, 0.1) is 5.82 Å². The molecule has 21 heavy (non-hydrogen) atoms. The van der Waals surface area contributed by atoms with E-state index in [0.29, 0.717) is 0 Å². The predicted octanol–water partition coefficient (Wildman–Crippen LogP) is 3.59. The molecule has 0 bridgehead atoms. The standard InChI is InChI=1S/C17H23FN2O/c1-3-20(4-2)16(17-6-5-11-21-17)13-19-12-14-7-9-15(18)10-8-14/h5-11,16,19H,3-4,12-13H2,1-2H3. The van der Waals surface area contributed by atoms with Crippen LogP contribution in [-0.4, -0.2) is 24.5 Å². The SMILES string of the molecule is CCN(CC)C(CNCc1ccc(F)cc1)c1ccco1. The molecule has 3 nitrogen and oxygen atoms in total. The lowest BCUT2D eigenvalue weighted by atomic mass is 10.1. The molecular weight excluding hydrogens is 267 g/mol. The molecule has 0 aliphatic rings. The maximum Gasteiger partial charge on any atom is 0.123 e. The minimum absolute atomic E-state index is 0.199. The highest BCUT2D eigenvalue weighted by molar-refractivity contribution is 5.16. The highest BCUT2D eigenvalue weighted by Crippen LogP contribution is 2.20. The van der Waals surface area contributed by atoms with Gasteiger partial charge in [-0.3, -0.25) is 4.90 Å². The van der Waals surface area contributed by atoms with E-state index in [4.69, 9.17) is 4.42 Å². The third-order valence-corrected chi connectivity index (χ3v) is 3.70. The van der Waals surface area contributed by atoms with Crippen molar-refractivity contribution in [3.8, 4) is 0 Å². The number of hydrogen-bond donors (Lipinski definition) is 1. The van der Waals surface area contributed by atoms with Crippen LogP contribution in [0.15, 0.2) is 47.1 Å². The second-order valence-corrected chi connectivity index (χ2v) is 5.01. The number of furan rings is 1. The normalized spacial score (nSPS) is 12.8. The molecule has 0 aliphatic heterocycles. The maximum atomic E-state index is 12.9. The van der Waals surface area contributed by atoms with E-state index in [1.165, 1.54) is 12.1 Å². The number of rotatable bonds is 8. The number of benzene rings is 1. The minimum Gasteiger partial charge on any atom is -0.468 e. The average Bonchev–Trinajstić information content (AvgIpc) is 3.02. The summed E-state index contributed by atoms with van der Waals surface area (Å²) in [5, 5.41) is 3.43. The number of nitrogens with zero attached hydrogens (tertiary/aromatic N) is 1. The van der Waals surface area contributed by atoms with E-state index in [-0.39, 0.29) is 11.9 Å². The molecule has 1 unspecified atom stereocenters. The van der Waals surface area contributed by atoms with Crippen LogP contribution in [-0.2, 0) is 6.54 Å². The number of halogens is 1. The monoisotopic (exact) mass is 290 g/mol. The van der Waals surface area contributed by atoms with Crippen molar-refractivity contribution in [1.82, 2.24) is 10.2 Å². The Morgan fingerprint density at radius 2 is 1.86 bits per heavy atom. The summed E-state index contributed by atoms with van der Waals surface area (Å²) >= 11 is 0. The molecule has 4 heteroatoms. The molecule has 0 radical (unpaired) electrons. The third kappa shape index (κ3) is 4.41. The Morgan fingerprint density at radius 1 is 1.14 bits per heavy atom. The number of likely N-dealkylation sites (N-methyl/N-ethyl adjacent to an activating group) is 1. The molecule has 2 aromatic rings. The van der Waals surface area contributed by atoms with Crippen molar-refractivity contribution in [2.75, 3.05) is 19.6 Å². The second kappa shape index (κ2) is 7.96. The van der Waals surface area contributed by atoms with Crippen molar-refractivity contribution < 1.29 is 8.81 Å².